The molecule has 0 bridgehead atoms. The number of sulfonamides is 1. The number of aromatic nitrogens is 3. The Bertz CT molecular complexity index is 695. The van der Waals surface area contributed by atoms with Gasteiger partial charge in [-0.25, -0.2) is 18.1 Å². The molecule has 0 amide bonds. The van der Waals surface area contributed by atoms with Gasteiger partial charge in [0.25, 0.3) is 0 Å². The third-order valence-corrected chi connectivity index (χ3v) is 4.96. The number of rotatable bonds is 5. The Labute approximate surface area is 117 Å². The summed E-state index contributed by atoms with van der Waals surface area (Å²) in [5.74, 6) is 0.668. The van der Waals surface area contributed by atoms with E-state index in [9.17, 15) is 8.42 Å². The van der Waals surface area contributed by atoms with Crippen LogP contribution in [0.1, 0.15) is 23.4 Å². The normalized spacial score (nSPS) is 14.4. The van der Waals surface area contributed by atoms with Crippen molar-refractivity contribution in [1.29, 1.82) is 0 Å². The SMILES string of the molecule is O=S(=O)(NCCc1ncn[nH]1)c1ccc2c(c1)CCC2. The van der Waals surface area contributed by atoms with E-state index in [1.807, 2.05) is 6.07 Å². The Morgan fingerprint density at radius 3 is 2.90 bits per heavy atom. The van der Waals surface area contributed by atoms with Gasteiger partial charge in [0.1, 0.15) is 12.2 Å². The second-order valence-corrected chi connectivity index (χ2v) is 6.63. The van der Waals surface area contributed by atoms with Crippen LogP contribution in [0.25, 0.3) is 0 Å². The lowest BCUT2D eigenvalue weighted by Gasteiger charge is -2.07. The van der Waals surface area contributed by atoms with E-state index in [0.29, 0.717) is 23.7 Å². The van der Waals surface area contributed by atoms with Crippen LogP contribution in [0.15, 0.2) is 29.4 Å². The first-order valence-corrected chi connectivity index (χ1v) is 8.09. The molecule has 6 nitrogen and oxygen atoms in total. The summed E-state index contributed by atoms with van der Waals surface area (Å²) in [4.78, 5) is 4.30. The molecule has 0 radical (unpaired) electrons. The first kappa shape index (κ1) is 13.3. The van der Waals surface area contributed by atoms with Crippen molar-refractivity contribution >= 4 is 10.0 Å². The zero-order valence-electron chi connectivity index (χ0n) is 11.0. The molecule has 0 unspecified atom stereocenters. The quantitative estimate of drug-likeness (QED) is 0.854. The number of aromatic amines is 1. The zero-order chi connectivity index (χ0) is 14.0. The van der Waals surface area contributed by atoms with E-state index in [1.165, 1.54) is 11.9 Å². The summed E-state index contributed by atoms with van der Waals surface area (Å²) in [5.41, 5.74) is 2.42. The lowest BCUT2D eigenvalue weighted by atomic mass is 10.1. The van der Waals surface area contributed by atoms with Gasteiger partial charge < -0.3 is 0 Å². The third kappa shape index (κ3) is 2.73. The van der Waals surface area contributed by atoms with Gasteiger partial charge in [-0.1, -0.05) is 6.07 Å². The van der Waals surface area contributed by atoms with Crippen molar-refractivity contribution < 1.29 is 8.42 Å². The number of nitrogens with zero attached hydrogens (tertiary/aromatic N) is 2. The highest BCUT2D eigenvalue weighted by Crippen LogP contribution is 2.24. The van der Waals surface area contributed by atoms with E-state index in [0.717, 1.165) is 24.8 Å². The molecule has 1 aliphatic carbocycles. The van der Waals surface area contributed by atoms with Gasteiger partial charge in [-0.05, 0) is 42.5 Å². The van der Waals surface area contributed by atoms with E-state index in [1.54, 1.807) is 12.1 Å². The van der Waals surface area contributed by atoms with Gasteiger partial charge in [0.2, 0.25) is 10.0 Å². The van der Waals surface area contributed by atoms with E-state index in [4.69, 9.17) is 0 Å². The topological polar surface area (TPSA) is 87.7 Å². The van der Waals surface area contributed by atoms with Crippen LogP contribution in [0.4, 0.5) is 0 Å². The van der Waals surface area contributed by atoms with Crippen LogP contribution < -0.4 is 4.72 Å². The molecule has 106 valence electrons. The van der Waals surface area contributed by atoms with Crippen LogP contribution in [0.5, 0.6) is 0 Å². The van der Waals surface area contributed by atoms with Crippen LogP contribution in [-0.2, 0) is 29.3 Å². The molecule has 2 aromatic rings. The summed E-state index contributed by atoms with van der Waals surface area (Å²) in [6.45, 7) is 0.300. The van der Waals surface area contributed by atoms with E-state index < -0.39 is 10.0 Å². The standard InChI is InChI=1S/C13H16N4O2S/c18-20(19,16-7-6-13-14-9-15-17-13)12-5-4-10-2-1-3-11(10)8-12/h4-5,8-9,16H,1-3,6-7H2,(H,14,15,17). The monoisotopic (exact) mass is 292 g/mol. The zero-order valence-corrected chi connectivity index (χ0v) is 11.8. The van der Waals surface area contributed by atoms with Crippen molar-refractivity contribution in [2.75, 3.05) is 6.54 Å². The highest BCUT2D eigenvalue weighted by atomic mass is 32.2. The van der Waals surface area contributed by atoms with Crippen molar-refractivity contribution in [2.24, 2.45) is 0 Å². The predicted molar refractivity (Wildman–Crippen MR) is 73.7 cm³/mol. The van der Waals surface area contributed by atoms with E-state index in [-0.39, 0.29) is 0 Å². The Kier molecular flexibility index (Phi) is 3.54. The minimum Gasteiger partial charge on any atom is -0.263 e. The molecule has 1 heterocycles. The van der Waals surface area contributed by atoms with Gasteiger partial charge >= 0.3 is 0 Å². The summed E-state index contributed by atoms with van der Waals surface area (Å²) in [7, 11) is -3.45. The molecule has 0 fully saturated rings. The summed E-state index contributed by atoms with van der Waals surface area (Å²) < 4.78 is 27.0. The second kappa shape index (κ2) is 5.34. The minimum atomic E-state index is -3.45. The van der Waals surface area contributed by atoms with Crippen molar-refractivity contribution in [3.05, 3.63) is 41.5 Å². The number of H-pyrrole nitrogens is 1. The first-order chi connectivity index (χ1) is 9.65. The summed E-state index contributed by atoms with van der Waals surface area (Å²) in [6, 6.07) is 5.40. The minimum absolute atomic E-state index is 0.300. The molecule has 3 rings (SSSR count). The van der Waals surface area contributed by atoms with Gasteiger partial charge in [-0.15, -0.1) is 0 Å². The van der Waals surface area contributed by atoms with E-state index in [2.05, 4.69) is 19.9 Å². The highest BCUT2D eigenvalue weighted by Gasteiger charge is 2.18. The maximum absolute atomic E-state index is 12.2. The molecule has 1 aromatic heterocycles. The number of hydrogen-bond donors (Lipinski definition) is 2. The predicted octanol–water partition coefficient (Wildman–Crippen LogP) is 0.814. The molecule has 0 atom stereocenters. The summed E-state index contributed by atoms with van der Waals surface area (Å²) in [6.07, 6.45) is 5.03. The number of aryl methyl sites for hydroxylation is 2. The average molecular weight is 292 g/mol. The fraction of sp³-hybridized carbons (Fsp3) is 0.385. The summed E-state index contributed by atoms with van der Waals surface area (Å²) >= 11 is 0. The van der Waals surface area contributed by atoms with Gasteiger partial charge in [-0.2, -0.15) is 5.10 Å². The van der Waals surface area contributed by atoms with Crippen LogP contribution >= 0.6 is 0 Å². The lowest BCUT2D eigenvalue weighted by molar-refractivity contribution is 0.580. The fourth-order valence-electron chi connectivity index (χ4n) is 2.45. The van der Waals surface area contributed by atoms with Crippen molar-refractivity contribution in [2.45, 2.75) is 30.6 Å². The van der Waals surface area contributed by atoms with Crippen molar-refractivity contribution in [3.8, 4) is 0 Å². The van der Waals surface area contributed by atoms with Gasteiger partial charge in [0.05, 0.1) is 4.90 Å². The van der Waals surface area contributed by atoms with Crippen LogP contribution in [0.3, 0.4) is 0 Å². The number of benzene rings is 1. The Hall–Kier alpha value is -1.73. The maximum atomic E-state index is 12.2. The van der Waals surface area contributed by atoms with Crippen LogP contribution in [0, 0.1) is 0 Å². The van der Waals surface area contributed by atoms with E-state index >= 15 is 0 Å². The average Bonchev–Trinajstić information content (AvgIpc) is 3.08. The van der Waals surface area contributed by atoms with Gasteiger partial charge in [0, 0.05) is 13.0 Å². The number of fused-ring (bicyclic) bond motifs is 1. The highest BCUT2D eigenvalue weighted by molar-refractivity contribution is 7.89. The van der Waals surface area contributed by atoms with Gasteiger partial charge in [0.15, 0.2) is 0 Å². The van der Waals surface area contributed by atoms with Crippen molar-refractivity contribution in [1.82, 2.24) is 19.9 Å². The molecule has 0 spiro atoms. The molecular formula is C13H16N4O2S. The number of nitrogens with one attached hydrogen (secondary N) is 2. The second-order valence-electron chi connectivity index (χ2n) is 4.86. The van der Waals surface area contributed by atoms with Gasteiger partial charge in [-0.3, -0.25) is 5.10 Å². The molecule has 1 aromatic carbocycles. The molecule has 7 heteroatoms. The third-order valence-electron chi connectivity index (χ3n) is 3.50. The first-order valence-electron chi connectivity index (χ1n) is 6.61. The smallest absolute Gasteiger partial charge is 0.240 e. The lowest BCUT2D eigenvalue weighted by Crippen LogP contribution is -2.26. The molecular weight excluding hydrogens is 276 g/mol. The number of hydrogen-bond acceptors (Lipinski definition) is 4. The maximum Gasteiger partial charge on any atom is 0.240 e. The molecule has 2 N–H and O–H groups in total. The van der Waals surface area contributed by atoms with Crippen LogP contribution in [0.2, 0.25) is 0 Å². The summed E-state index contributed by atoms with van der Waals surface area (Å²) in [5, 5.41) is 6.42. The molecule has 0 saturated heterocycles. The molecule has 1 aliphatic rings. The van der Waals surface area contributed by atoms with Crippen molar-refractivity contribution in [3.63, 3.8) is 0 Å². The Morgan fingerprint density at radius 1 is 1.25 bits per heavy atom. The molecule has 0 aliphatic heterocycles. The Morgan fingerprint density at radius 2 is 2.10 bits per heavy atom. The largest absolute Gasteiger partial charge is 0.263 e. The van der Waals surface area contributed by atoms with Crippen LogP contribution in [-0.4, -0.2) is 30.1 Å². The molecule has 0 saturated carbocycles. The molecule has 20 heavy (non-hydrogen) atoms. The Balaban J connectivity index is 1.68. The fourth-order valence-corrected chi connectivity index (χ4v) is 3.54.